The van der Waals surface area contributed by atoms with Crippen molar-refractivity contribution in [3.63, 3.8) is 0 Å². The zero-order valence-corrected chi connectivity index (χ0v) is 28.6. The van der Waals surface area contributed by atoms with Gasteiger partial charge in [0.15, 0.2) is 0 Å². The summed E-state index contributed by atoms with van der Waals surface area (Å²) >= 11 is 0. The number of aryl methyl sites for hydroxylation is 1. The van der Waals surface area contributed by atoms with Crippen molar-refractivity contribution in [2.24, 2.45) is 0 Å². The van der Waals surface area contributed by atoms with E-state index < -0.39 is 5.60 Å². The summed E-state index contributed by atoms with van der Waals surface area (Å²) in [6.07, 6.45) is 5.41. The second kappa shape index (κ2) is 17.8. The van der Waals surface area contributed by atoms with Crippen molar-refractivity contribution in [3.8, 4) is 11.5 Å². The molecule has 1 atom stereocenters. The molecule has 0 bridgehead atoms. The van der Waals surface area contributed by atoms with Crippen molar-refractivity contribution in [1.29, 1.82) is 0 Å². The molecule has 0 fully saturated rings. The highest BCUT2D eigenvalue weighted by atomic mass is 16.6. The molecule has 0 saturated carbocycles. The molecule has 6 heteroatoms. The van der Waals surface area contributed by atoms with Gasteiger partial charge in [0, 0.05) is 30.1 Å². The predicted octanol–water partition coefficient (Wildman–Crippen LogP) is 8.89. The lowest BCUT2D eigenvalue weighted by Gasteiger charge is -2.32. The number of hydrogen-bond acceptors (Lipinski definition) is 5. The van der Waals surface area contributed by atoms with Gasteiger partial charge in [-0.25, -0.2) is 4.79 Å². The van der Waals surface area contributed by atoms with Gasteiger partial charge in [-0.2, -0.15) is 0 Å². The summed E-state index contributed by atoms with van der Waals surface area (Å²) < 4.78 is 11.3. The highest BCUT2D eigenvalue weighted by molar-refractivity contribution is 5.67. The van der Waals surface area contributed by atoms with E-state index in [4.69, 9.17) is 9.47 Å². The van der Waals surface area contributed by atoms with E-state index in [1.165, 1.54) is 11.1 Å². The Kier molecular flexibility index (Phi) is 14.3. The molecule has 45 heavy (non-hydrogen) atoms. The number of amides is 1. The number of nitrogens with one attached hydrogen (secondary N) is 1. The van der Waals surface area contributed by atoms with Gasteiger partial charge in [-0.15, -0.1) is 0 Å². The Bertz CT molecular complexity index is 1270. The number of carbonyl (C=O) groups excluding carboxylic acids is 1. The summed E-state index contributed by atoms with van der Waals surface area (Å²) in [5.74, 6) is 1.39. The van der Waals surface area contributed by atoms with E-state index in [0.717, 1.165) is 61.9 Å². The van der Waals surface area contributed by atoms with Crippen molar-refractivity contribution in [2.75, 3.05) is 19.7 Å². The molecule has 2 N–H and O–H groups in total. The molecule has 3 aromatic carbocycles. The van der Waals surface area contributed by atoms with Gasteiger partial charge in [-0.3, -0.25) is 4.90 Å². The molecule has 0 aromatic heterocycles. The van der Waals surface area contributed by atoms with Gasteiger partial charge in [0.1, 0.15) is 17.1 Å². The van der Waals surface area contributed by atoms with Crippen LogP contribution >= 0.6 is 0 Å². The fourth-order valence-electron chi connectivity index (χ4n) is 5.79. The Hall–Kier alpha value is -3.51. The van der Waals surface area contributed by atoms with E-state index in [1.807, 2.05) is 51.1 Å². The van der Waals surface area contributed by atoms with Crippen LogP contribution in [0.15, 0.2) is 72.8 Å². The summed E-state index contributed by atoms with van der Waals surface area (Å²) in [5.41, 5.74) is 4.19. The third-order valence-electron chi connectivity index (χ3n) is 8.06. The number of aromatic hydroxyl groups is 1. The third-order valence-corrected chi connectivity index (χ3v) is 8.06. The Morgan fingerprint density at radius 1 is 0.844 bits per heavy atom. The lowest BCUT2D eigenvalue weighted by Crippen LogP contribution is -2.38. The molecule has 1 unspecified atom stereocenters. The van der Waals surface area contributed by atoms with Crippen LogP contribution in [0.1, 0.15) is 102 Å². The molecule has 0 aliphatic rings. The normalized spacial score (nSPS) is 12.5. The fraction of sp³-hybridized carbons (Fsp3) is 0.513. The van der Waals surface area contributed by atoms with Crippen LogP contribution in [-0.2, 0) is 17.6 Å². The topological polar surface area (TPSA) is 71.0 Å². The van der Waals surface area contributed by atoms with Crippen LogP contribution in [0.4, 0.5) is 4.79 Å². The van der Waals surface area contributed by atoms with Crippen LogP contribution in [0.2, 0.25) is 0 Å². The largest absolute Gasteiger partial charge is 0.508 e. The Morgan fingerprint density at radius 2 is 1.51 bits per heavy atom. The SMILES string of the molecule is CC(C)N(CCC(c1ccccc1)c1cc(CCCCCOc2ccc(CCNC(=O)OC(C)(C)C)cc2)ccc1O)C(C)C. The maximum Gasteiger partial charge on any atom is 0.407 e. The fourth-order valence-corrected chi connectivity index (χ4v) is 5.79. The highest BCUT2D eigenvalue weighted by Crippen LogP contribution is 2.35. The Balaban J connectivity index is 1.46. The van der Waals surface area contributed by atoms with Crippen LogP contribution in [-0.4, -0.2) is 53.5 Å². The molecular weight excluding hydrogens is 560 g/mol. The number of ether oxygens (including phenoxy) is 2. The first-order valence-corrected chi connectivity index (χ1v) is 16.7. The molecule has 246 valence electrons. The lowest BCUT2D eigenvalue weighted by molar-refractivity contribution is 0.0528. The summed E-state index contributed by atoms with van der Waals surface area (Å²) in [6.45, 7) is 16.8. The van der Waals surface area contributed by atoms with E-state index >= 15 is 0 Å². The molecule has 6 nitrogen and oxygen atoms in total. The molecule has 0 saturated heterocycles. The van der Waals surface area contributed by atoms with Gasteiger partial charge in [-0.1, -0.05) is 54.6 Å². The van der Waals surface area contributed by atoms with Crippen LogP contribution in [0.5, 0.6) is 11.5 Å². The Labute approximate surface area is 272 Å². The lowest BCUT2D eigenvalue weighted by atomic mass is 9.86. The molecular formula is C39H56N2O4. The van der Waals surface area contributed by atoms with Crippen molar-refractivity contribution in [1.82, 2.24) is 10.2 Å². The van der Waals surface area contributed by atoms with Crippen LogP contribution in [0, 0.1) is 0 Å². The van der Waals surface area contributed by atoms with Crippen molar-refractivity contribution >= 4 is 6.09 Å². The summed E-state index contributed by atoms with van der Waals surface area (Å²) in [4.78, 5) is 14.3. The van der Waals surface area contributed by atoms with Crippen molar-refractivity contribution < 1.29 is 19.4 Å². The van der Waals surface area contributed by atoms with E-state index in [0.29, 0.717) is 31.0 Å². The first kappa shape index (κ1) is 36.0. The van der Waals surface area contributed by atoms with Crippen molar-refractivity contribution in [2.45, 2.75) is 111 Å². The number of nitrogens with zero attached hydrogens (tertiary/aromatic N) is 1. The van der Waals surface area contributed by atoms with E-state index in [2.05, 4.69) is 80.4 Å². The van der Waals surface area contributed by atoms with Crippen molar-refractivity contribution in [3.05, 3.63) is 95.1 Å². The minimum atomic E-state index is -0.493. The van der Waals surface area contributed by atoms with E-state index in [1.54, 1.807) is 0 Å². The van der Waals surface area contributed by atoms with Gasteiger partial charge < -0.3 is 19.9 Å². The second-order valence-electron chi connectivity index (χ2n) is 13.6. The van der Waals surface area contributed by atoms with Crippen LogP contribution < -0.4 is 10.1 Å². The van der Waals surface area contributed by atoms with Crippen LogP contribution in [0.3, 0.4) is 0 Å². The number of rotatable bonds is 17. The molecule has 0 aliphatic heterocycles. The minimum absolute atomic E-state index is 0.146. The molecule has 3 aromatic rings. The standard InChI is InChI=1S/C39H56N2O4/c1-29(2)41(30(3)4)26-24-35(33-15-11-8-12-16-33)36-28-32(19-22-37(36)42)14-10-9-13-27-44-34-20-17-31(18-21-34)23-25-40-38(43)45-39(5,6)7/h8,11-12,15-22,28-30,35,42H,9-10,13-14,23-27H2,1-7H3,(H,40,43). The second-order valence-corrected chi connectivity index (χ2v) is 13.6. The summed E-state index contributed by atoms with van der Waals surface area (Å²) in [5, 5.41) is 13.8. The summed E-state index contributed by atoms with van der Waals surface area (Å²) in [6, 6.07) is 25.8. The number of carbonyl (C=O) groups is 1. The zero-order valence-electron chi connectivity index (χ0n) is 28.6. The van der Waals surface area contributed by atoms with Gasteiger partial charge in [0.2, 0.25) is 0 Å². The number of phenols is 1. The monoisotopic (exact) mass is 616 g/mol. The predicted molar refractivity (Wildman–Crippen MR) is 185 cm³/mol. The molecule has 3 rings (SSSR count). The van der Waals surface area contributed by atoms with Gasteiger partial charge in [0.25, 0.3) is 0 Å². The first-order valence-electron chi connectivity index (χ1n) is 16.7. The smallest absolute Gasteiger partial charge is 0.407 e. The highest BCUT2D eigenvalue weighted by Gasteiger charge is 2.22. The van der Waals surface area contributed by atoms with E-state index in [-0.39, 0.29) is 12.0 Å². The number of phenolic OH excluding ortho intramolecular Hbond substituents is 1. The average Bonchev–Trinajstić information content (AvgIpc) is 2.98. The molecule has 0 radical (unpaired) electrons. The quantitative estimate of drug-likeness (QED) is 0.148. The third kappa shape index (κ3) is 12.8. The molecule has 0 aliphatic carbocycles. The van der Waals surface area contributed by atoms with Gasteiger partial charge in [-0.05, 0) is 128 Å². The van der Waals surface area contributed by atoms with E-state index in [9.17, 15) is 9.90 Å². The average molecular weight is 617 g/mol. The summed E-state index contributed by atoms with van der Waals surface area (Å²) in [7, 11) is 0. The molecule has 0 spiro atoms. The number of hydrogen-bond donors (Lipinski definition) is 2. The van der Waals surface area contributed by atoms with Gasteiger partial charge >= 0.3 is 6.09 Å². The Morgan fingerprint density at radius 3 is 2.16 bits per heavy atom. The minimum Gasteiger partial charge on any atom is -0.508 e. The molecule has 0 heterocycles. The maximum atomic E-state index is 11.8. The number of unbranched alkanes of at least 4 members (excludes halogenated alkanes) is 2. The van der Waals surface area contributed by atoms with Gasteiger partial charge in [0.05, 0.1) is 6.61 Å². The maximum absolute atomic E-state index is 11.8. The first-order chi connectivity index (χ1) is 21.4. The zero-order chi connectivity index (χ0) is 32.8. The van der Waals surface area contributed by atoms with Crippen LogP contribution in [0.25, 0.3) is 0 Å². The molecule has 1 amide bonds. The number of benzene rings is 3. The number of alkyl carbamates (subject to hydrolysis) is 1.